The van der Waals surface area contributed by atoms with Crippen molar-refractivity contribution in [3.05, 3.63) is 0 Å². The molecule has 3 aliphatic rings. The molecule has 1 saturated carbocycles. The fourth-order valence-electron chi connectivity index (χ4n) is 3.80. The summed E-state index contributed by atoms with van der Waals surface area (Å²) in [7, 11) is 0. The third-order valence-electron chi connectivity index (χ3n) is 5.05. The lowest BCUT2D eigenvalue weighted by Crippen LogP contribution is -2.45. The van der Waals surface area contributed by atoms with E-state index >= 15 is 0 Å². The zero-order valence-corrected chi connectivity index (χ0v) is 12.3. The van der Waals surface area contributed by atoms with Crippen molar-refractivity contribution in [2.24, 2.45) is 0 Å². The minimum absolute atomic E-state index is 0.140. The predicted octanol–water partition coefficient (Wildman–Crippen LogP) is 1.18. The fourth-order valence-corrected chi connectivity index (χ4v) is 3.80. The van der Waals surface area contributed by atoms with Crippen molar-refractivity contribution in [3.8, 4) is 0 Å². The number of hydrogen-bond donors (Lipinski definition) is 1. The van der Waals surface area contributed by atoms with Crippen LogP contribution in [-0.4, -0.2) is 71.3 Å². The number of carboxylic acids is 1. The molecule has 114 valence electrons. The number of ether oxygens (including phenoxy) is 1. The molecule has 2 unspecified atom stereocenters. The number of hydrogen-bond acceptors (Lipinski definition) is 4. The topological polar surface area (TPSA) is 53.0 Å². The Labute approximate surface area is 120 Å². The molecule has 3 rings (SSSR count). The molecule has 2 atom stereocenters. The van der Waals surface area contributed by atoms with Gasteiger partial charge in [0.05, 0.1) is 6.10 Å². The summed E-state index contributed by atoms with van der Waals surface area (Å²) in [6.07, 6.45) is 6.16. The van der Waals surface area contributed by atoms with Crippen molar-refractivity contribution >= 4 is 5.97 Å². The van der Waals surface area contributed by atoms with Crippen molar-refractivity contribution in [1.82, 2.24) is 9.80 Å². The summed E-state index contributed by atoms with van der Waals surface area (Å²) in [6.45, 7) is 5.55. The van der Waals surface area contributed by atoms with E-state index in [1.165, 1.54) is 25.8 Å². The summed E-state index contributed by atoms with van der Waals surface area (Å²) in [5.74, 6) is -0.864. The molecule has 5 nitrogen and oxygen atoms in total. The standard InChI is InChI=1S/C15H26N2O3/c1-11-8-13(9-17(11)12-2-3-12)16-6-4-14(5-7-16)20-10-15(18)19/h11-14H,2-10H2,1H3,(H,18,19). The molecule has 0 bridgehead atoms. The quantitative estimate of drug-likeness (QED) is 0.820. The number of likely N-dealkylation sites (tertiary alicyclic amines) is 2. The molecule has 3 fully saturated rings. The summed E-state index contributed by atoms with van der Waals surface area (Å²) in [5.41, 5.74) is 0. The van der Waals surface area contributed by atoms with Gasteiger partial charge in [0.1, 0.15) is 6.61 Å². The van der Waals surface area contributed by atoms with Gasteiger partial charge in [-0.1, -0.05) is 0 Å². The summed E-state index contributed by atoms with van der Waals surface area (Å²) in [4.78, 5) is 15.8. The van der Waals surface area contributed by atoms with Crippen molar-refractivity contribution in [1.29, 1.82) is 0 Å². The zero-order chi connectivity index (χ0) is 14.1. The maximum atomic E-state index is 10.5. The number of rotatable bonds is 5. The molecule has 2 aliphatic heterocycles. The van der Waals surface area contributed by atoms with Gasteiger partial charge in [0.25, 0.3) is 0 Å². The van der Waals surface area contributed by atoms with Crippen molar-refractivity contribution in [2.75, 3.05) is 26.2 Å². The minimum Gasteiger partial charge on any atom is -0.480 e. The highest BCUT2D eigenvalue weighted by molar-refractivity contribution is 5.68. The molecule has 0 spiro atoms. The van der Waals surface area contributed by atoms with Crippen LogP contribution >= 0.6 is 0 Å². The molecular formula is C15H26N2O3. The number of carboxylic acid groups (broad SMARTS) is 1. The fraction of sp³-hybridized carbons (Fsp3) is 0.933. The van der Waals surface area contributed by atoms with E-state index in [1.54, 1.807) is 0 Å². The van der Waals surface area contributed by atoms with Gasteiger partial charge >= 0.3 is 5.97 Å². The van der Waals surface area contributed by atoms with E-state index in [9.17, 15) is 4.79 Å². The van der Waals surface area contributed by atoms with Gasteiger partial charge in [0, 0.05) is 37.8 Å². The van der Waals surface area contributed by atoms with E-state index in [4.69, 9.17) is 9.84 Å². The molecule has 0 aromatic rings. The molecule has 0 amide bonds. The van der Waals surface area contributed by atoms with Crippen molar-refractivity contribution in [2.45, 2.75) is 63.3 Å². The first-order valence-electron chi connectivity index (χ1n) is 7.96. The predicted molar refractivity (Wildman–Crippen MR) is 75.8 cm³/mol. The third kappa shape index (κ3) is 3.32. The summed E-state index contributed by atoms with van der Waals surface area (Å²) in [5, 5.41) is 8.64. The van der Waals surface area contributed by atoms with Crippen molar-refractivity contribution < 1.29 is 14.6 Å². The first kappa shape index (κ1) is 14.3. The zero-order valence-electron chi connectivity index (χ0n) is 12.3. The first-order chi connectivity index (χ1) is 9.63. The Hall–Kier alpha value is -0.650. The molecular weight excluding hydrogens is 256 g/mol. The van der Waals surface area contributed by atoms with E-state index in [0.29, 0.717) is 6.04 Å². The van der Waals surface area contributed by atoms with E-state index in [0.717, 1.165) is 38.0 Å². The number of aliphatic carboxylic acids is 1. The van der Waals surface area contributed by atoms with Gasteiger partial charge in [-0.2, -0.15) is 0 Å². The molecule has 2 saturated heterocycles. The van der Waals surface area contributed by atoms with E-state index in [-0.39, 0.29) is 12.7 Å². The van der Waals surface area contributed by atoms with Gasteiger partial charge in [-0.3, -0.25) is 9.80 Å². The smallest absolute Gasteiger partial charge is 0.329 e. The SMILES string of the molecule is CC1CC(N2CCC(OCC(=O)O)CC2)CN1C1CC1. The van der Waals surface area contributed by atoms with Crippen LogP contribution in [0.1, 0.15) is 39.0 Å². The lowest BCUT2D eigenvalue weighted by atomic mass is 10.0. The Bertz CT molecular complexity index is 351. The second-order valence-electron chi connectivity index (χ2n) is 6.61. The van der Waals surface area contributed by atoms with Crippen LogP contribution in [0, 0.1) is 0 Å². The van der Waals surface area contributed by atoms with Crippen molar-refractivity contribution in [3.63, 3.8) is 0 Å². The van der Waals surface area contributed by atoms with Gasteiger partial charge < -0.3 is 9.84 Å². The number of piperidine rings is 1. The molecule has 0 aromatic carbocycles. The molecule has 1 N–H and O–H groups in total. The van der Waals surface area contributed by atoms with Gasteiger partial charge in [-0.05, 0) is 39.0 Å². The molecule has 20 heavy (non-hydrogen) atoms. The van der Waals surface area contributed by atoms with E-state index in [2.05, 4.69) is 16.7 Å². The maximum absolute atomic E-state index is 10.5. The molecule has 0 aromatic heterocycles. The Morgan fingerprint density at radius 3 is 2.50 bits per heavy atom. The second-order valence-corrected chi connectivity index (χ2v) is 6.61. The van der Waals surface area contributed by atoms with Gasteiger partial charge in [0.2, 0.25) is 0 Å². The highest BCUT2D eigenvalue weighted by Crippen LogP contribution is 2.35. The molecule has 5 heteroatoms. The highest BCUT2D eigenvalue weighted by atomic mass is 16.5. The maximum Gasteiger partial charge on any atom is 0.329 e. The Morgan fingerprint density at radius 1 is 1.20 bits per heavy atom. The van der Waals surface area contributed by atoms with Crippen LogP contribution in [0.3, 0.4) is 0 Å². The normalized spacial score (nSPS) is 33.6. The van der Waals surface area contributed by atoms with Gasteiger partial charge in [-0.25, -0.2) is 4.79 Å². The van der Waals surface area contributed by atoms with Crippen LogP contribution in [-0.2, 0) is 9.53 Å². The van der Waals surface area contributed by atoms with E-state index < -0.39 is 5.97 Å². The number of carbonyl (C=O) groups is 1. The first-order valence-corrected chi connectivity index (χ1v) is 7.96. The van der Waals surface area contributed by atoms with Crippen LogP contribution in [0.4, 0.5) is 0 Å². The average molecular weight is 282 g/mol. The second kappa shape index (κ2) is 6.00. The van der Waals surface area contributed by atoms with Crippen LogP contribution < -0.4 is 0 Å². The average Bonchev–Trinajstić information content (AvgIpc) is 3.20. The van der Waals surface area contributed by atoms with E-state index in [1.807, 2.05) is 0 Å². The summed E-state index contributed by atoms with van der Waals surface area (Å²) >= 11 is 0. The highest BCUT2D eigenvalue weighted by Gasteiger charge is 2.41. The van der Waals surface area contributed by atoms with Gasteiger partial charge in [-0.15, -0.1) is 0 Å². The lowest BCUT2D eigenvalue weighted by Gasteiger charge is -2.35. The summed E-state index contributed by atoms with van der Waals surface area (Å²) in [6, 6.07) is 2.30. The summed E-state index contributed by atoms with van der Waals surface area (Å²) < 4.78 is 5.41. The van der Waals surface area contributed by atoms with Crippen LogP contribution in [0.2, 0.25) is 0 Å². The Balaban J connectivity index is 1.43. The van der Waals surface area contributed by atoms with Crippen LogP contribution in [0.15, 0.2) is 0 Å². The number of nitrogens with zero attached hydrogens (tertiary/aromatic N) is 2. The van der Waals surface area contributed by atoms with Gasteiger partial charge in [0.15, 0.2) is 0 Å². The monoisotopic (exact) mass is 282 g/mol. The Morgan fingerprint density at radius 2 is 1.90 bits per heavy atom. The molecule has 1 aliphatic carbocycles. The lowest BCUT2D eigenvalue weighted by molar-refractivity contribution is -0.145. The van der Waals surface area contributed by atoms with Crippen LogP contribution in [0.25, 0.3) is 0 Å². The third-order valence-corrected chi connectivity index (χ3v) is 5.05. The minimum atomic E-state index is -0.864. The molecule has 2 heterocycles. The Kier molecular flexibility index (Phi) is 4.29. The molecule has 0 radical (unpaired) electrons. The van der Waals surface area contributed by atoms with Crippen LogP contribution in [0.5, 0.6) is 0 Å². The largest absolute Gasteiger partial charge is 0.480 e.